The molecule has 7 nitrogen and oxygen atoms in total. The van der Waals surface area contributed by atoms with Crippen molar-refractivity contribution in [2.24, 2.45) is 0 Å². The number of carbonyl (C=O) groups is 1. The molecule has 0 aliphatic heterocycles. The van der Waals surface area contributed by atoms with Crippen LogP contribution in [-0.4, -0.2) is 26.0 Å². The van der Waals surface area contributed by atoms with Crippen molar-refractivity contribution >= 4 is 32.6 Å². The number of benzene rings is 3. The minimum Gasteiger partial charge on any atom is -0.478 e. The third-order valence-corrected chi connectivity index (χ3v) is 7.24. The van der Waals surface area contributed by atoms with E-state index in [1.54, 1.807) is 62.4 Å². The van der Waals surface area contributed by atoms with E-state index >= 15 is 0 Å². The molecule has 1 N–H and O–H groups in total. The van der Waals surface area contributed by atoms with Crippen molar-refractivity contribution < 1.29 is 22.7 Å². The first-order chi connectivity index (χ1) is 15.7. The summed E-state index contributed by atoms with van der Waals surface area (Å²) in [6.07, 6.45) is 0. The molecular formula is C25H21NO6S. The van der Waals surface area contributed by atoms with Crippen LogP contribution in [0.4, 0.5) is 5.69 Å². The van der Waals surface area contributed by atoms with E-state index in [1.165, 1.54) is 28.6 Å². The number of aryl methyl sites for hydroxylation is 1. The van der Waals surface area contributed by atoms with Crippen LogP contribution >= 0.6 is 0 Å². The number of nitrogens with zero attached hydrogens (tertiary/aromatic N) is 1. The molecule has 168 valence electrons. The summed E-state index contributed by atoms with van der Waals surface area (Å²) in [5.41, 5.74) is 0.986. The van der Waals surface area contributed by atoms with Crippen LogP contribution in [0.5, 0.6) is 0 Å². The van der Waals surface area contributed by atoms with Crippen molar-refractivity contribution in [2.45, 2.75) is 18.7 Å². The molecular weight excluding hydrogens is 442 g/mol. The minimum atomic E-state index is -3.81. The quantitative estimate of drug-likeness (QED) is 0.416. The van der Waals surface area contributed by atoms with Crippen molar-refractivity contribution in [3.05, 3.63) is 94.3 Å². The number of hydrogen-bond donors (Lipinski definition) is 1. The molecule has 0 radical (unpaired) electrons. The average molecular weight is 464 g/mol. The lowest BCUT2D eigenvalue weighted by Gasteiger charge is -2.23. The highest BCUT2D eigenvalue weighted by molar-refractivity contribution is 7.92. The molecule has 4 rings (SSSR count). The number of aromatic carboxylic acids is 1. The van der Waals surface area contributed by atoms with Gasteiger partial charge in [0.05, 0.1) is 21.7 Å². The highest BCUT2D eigenvalue weighted by Gasteiger charge is 2.24. The molecule has 1 aromatic heterocycles. The third-order valence-electron chi connectivity index (χ3n) is 5.32. The topological polar surface area (TPSA) is 105 Å². The van der Waals surface area contributed by atoms with E-state index in [0.717, 1.165) is 5.56 Å². The van der Waals surface area contributed by atoms with Crippen LogP contribution < -0.4 is 9.93 Å². The predicted octanol–water partition coefficient (Wildman–Crippen LogP) is 4.68. The number of hydrogen-bond acceptors (Lipinski definition) is 5. The molecule has 1 heterocycles. The van der Waals surface area contributed by atoms with E-state index in [4.69, 9.17) is 4.42 Å². The number of fused-ring (bicyclic) bond motifs is 1. The van der Waals surface area contributed by atoms with Crippen LogP contribution in [0.15, 0.2) is 86.9 Å². The fraction of sp³-hybridized carbons (Fsp3) is 0.120. The second-order valence-electron chi connectivity index (χ2n) is 7.51. The Labute approximate surface area is 190 Å². The molecule has 0 spiro atoms. The number of carboxylic acids is 1. The Kier molecular flexibility index (Phi) is 5.78. The Bertz CT molecular complexity index is 1520. The second-order valence-corrected chi connectivity index (χ2v) is 9.37. The Balaban J connectivity index is 1.83. The maximum atomic E-state index is 13.1. The van der Waals surface area contributed by atoms with Crippen molar-refractivity contribution in [1.82, 2.24) is 0 Å². The average Bonchev–Trinajstić information content (AvgIpc) is 2.79. The van der Waals surface area contributed by atoms with Crippen molar-refractivity contribution in [3.63, 3.8) is 0 Å². The zero-order chi connectivity index (χ0) is 23.8. The fourth-order valence-electron chi connectivity index (χ4n) is 3.72. The van der Waals surface area contributed by atoms with Crippen LogP contribution in [0.2, 0.25) is 0 Å². The van der Waals surface area contributed by atoms with Gasteiger partial charge < -0.3 is 9.52 Å². The molecule has 0 unspecified atom stereocenters. The highest BCUT2D eigenvalue weighted by atomic mass is 32.2. The number of rotatable bonds is 6. The van der Waals surface area contributed by atoms with Crippen LogP contribution in [0, 0.1) is 6.92 Å². The molecule has 4 aromatic rings. The smallest absolute Gasteiger partial charge is 0.344 e. The maximum Gasteiger partial charge on any atom is 0.344 e. The molecule has 0 fully saturated rings. The van der Waals surface area contributed by atoms with E-state index in [0.29, 0.717) is 11.1 Å². The summed E-state index contributed by atoms with van der Waals surface area (Å²) in [5, 5.41) is 10.1. The molecule has 33 heavy (non-hydrogen) atoms. The van der Waals surface area contributed by atoms with Crippen molar-refractivity contribution in [2.75, 3.05) is 10.8 Å². The first-order valence-corrected chi connectivity index (χ1v) is 11.7. The summed E-state index contributed by atoms with van der Waals surface area (Å²) in [4.78, 5) is 24.6. The van der Waals surface area contributed by atoms with Gasteiger partial charge in [0.2, 0.25) is 0 Å². The van der Waals surface area contributed by atoms with E-state index in [1.807, 2.05) is 0 Å². The molecule has 0 bridgehead atoms. The lowest BCUT2D eigenvalue weighted by Crippen LogP contribution is -2.30. The van der Waals surface area contributed by atoms with Crippen LogP contribution in [-0.2, 0) is 10.0 Å². The minimum absolute atomic E-state index is 0.00406. The van der Waals surface area contributed by atoms with Gasteiger partial charge in [-0.1, -0.05) is 35.9 Å². The lowest BCUT2D eigenvalue weighted by molar-refractivity contribution is 0.0697. The molecule has 0 amide bonds. The van der Waals surface area contributed by atoms with E-state index < -0.39 is 21.6 Å². The summed E-state index contributed by atoms with van der Waals surface area (Å²) < 4.78 is 33.0. The Morgan fingerprint density at radius 1 is 0.970 bits per heavy atom. The van der Waals surface area contributed by atoms with E-state index in [9.17, 15) is 23.1 Å². The molecule has 0 aliphatic carbocycles. The Hall–Kier alpha value is -3.91. The SMILES string of the molecule is CCN(c1ccc2cc(-c3ccc(C)cc3C(=O)O)c(=O)oc2c1)S(=O)(=O)c1ccccc1. The van der Waals surface area contributed by atoms with Gasteiger partial charge in [0.1, 0.15) is 5.58 Å². The predicted molar refractivity (Wildman–Crippen MR) is 126 cm³/mol. The summed E-state index contributed by atoms with van der Waals surface area (Å²) in [7, 11) is -3.81. The highest BCUT2D eigenvalue weighted by Crippen LogP contribution is 2.30. The van der Waals surface area contributed by atoms with Gasteiger partial charge in [-0.15, -0.1) is 0 Å². The first-order valence-electron chi connectivity index (χ1n) is 10.2. The number of carboxylic acid groups (broad SMARTS) is 1. The molecule has 3 aromatic carbocycles. The summed E-state index contributed by atoms with van der Waals surface area (Å²) in [5.74, 6) is -1.15. The Morgan fingerprint density at radius 3 is 2.36 bits per heavy atom. The standard InChI is InChI=1S/C25H21NO6S/c1-3-26(33(30,31)19-7-5-4-6-8-19)18-11-10-17-14-22(25(29)32-23(17)15-18)20-12-9-16(2)13-21(20)24(27)28/h4-15H,3H2,1-2H3,(H,27,28). The van der Waals surface area contributed by atoms with Crippen LogP contribution in [0.3, 0.4) is 0 Å². The molecule has 8 heteroatoms. The number of anilines is 1. The first kappa shape index (κ1) is 22.3. The molecule has 0 saturated carbocycles. The van der Waals surface area contributed by atoms with Gasteiger partial charge in [-0.25, -0.2) is 18.0 Å². The van der Waals surface area contributed by atoms with Gasteiger partial charge in [-0.3, -0.25) is 4.31 Å². The van der Waals surface area contributed by atoms with Gasteiger partial charge in [-0.05, 0) is 50.2 Å². The maximum absolute atomic E-state index is 13.1. The summed E-state index contributed by atoms with van der Waals surface area (Å²) in [6.45, 7) is 3.66. The van der Waals surface area contributed by atoms with Crippen molar-refractivity contribution in [3.8, 4) is 11.1 Å². The zero-order valence-electron chi connectivity index (χ0n) is 18.0. The molecule has 0 atom stereocenters. The molecule has 0 saturated heterocycles. The largest absolute Gasteiger partial charge is 0.478 e. The fourth-order valence-corrected chi connectivity index (χ4v) is 5.21. The second kappa shape index (κ2) is 8.55. The van der Waals surface area contributed by atoms with Crippen molar-refractivity contribution in [1.29, 1.82) is 0 Å². The normalized spacial score (nSPS) is 11.5. The zero-order valence-corrected chi connectivity index (χ0v) is 18.8. The van der Waals surface area contributed by atoms with Crippen LogP contribution in [0.1, 0.15) is 22.8 Å². The summed E-state index contributed by atoms with van der Waals surface area (Å²) >= 11 is 0. The third kappa shape index (κ3) is 4.12. The van der Waals surface area contributed by atoms with Gasteiger partial charge >= 0.3 is 11.6 Å². The van der Waals surface area contributed by atoms with Gasteiger partial charge in [0.15, 0.2) is 0 Å². The van der Waals surface area contributed by atoms with Crippen LogP contribution in [0.25, 0.3) is 22.1 Å². The van der Waals surface area contributed by atoms with E-state index in [-0.39, 0.29) is 33.7 Å². The summed E-state index contributed by atoms with van der Waals surface area (Å²) in [6, 6.07) is 19.2. The van der Waals surface area contributed by atoms with Gasteiger partial charge in [0, 0.05) is 23.6 Å². The number of sulfonamides is 1. The van der Waals surface area contributed by atoms with E-state index in [2.05, 4.69) is 0 Å². The molecule has 0 aliphatic rings. The Morgan fingerprint density at radius 2 is 1.70 bits per heavy atom. The van der Waals surface area contributed by atoms with Gasteiger partial charge in [-0.2, -0.15) is 0 Å². The van der Waals surface area contributed by atoms with Gasteiger partial charge in [0.25, 0.3) is 10.0 Å². The lowest BCUT2D eigenvalue weighted by atomic mass is 9.98. The monoisotopic (exact) mass is 463 g/mol.